The van der Waals surface area contributed by atoms with Gasteiger partial charge in [0.2, 0.25) is 5.79 Å². The maximum absolute atomic E-state index is 8.82. The molecule has 1 aliphatic rings. The van der Waals surface area contributed by atoms with Gasteiger partial charge < -0.3 is 9.84 Å². The van der Waals surface area contributed by atoms with Crippen molar-refractivity contribution in [2.75, 3.05) is 6.61 Å². The molecule has 40 valence electrons. The highest BCUT2D eigenvalue weighted by Crippen LogP contribution is 2.23. The van der Waals surface area contributed by atoms with Crippen molar-refractivity contribution in [3.05, 3.63) is 12.2 Å². The third-order valence-electron chi connectivity index (χ3n) is 0.867. The van der Waals surface area contributed by atoms with Gasteiger partial charge >= 0.3 is 0 Å². The molecule has 0 spiro atoms. The third-order valence-corrected chi connectivity index (χ3v) is 0.867. The Labute approximate surface area is 42.4 Å². The van der Waals surface area contributed by atoms with E-state index in [-0.39, 0.29) is 0 Å². The molecular weight excluding hydrogens is 92.1 g/mol. The second kappa shape index (κ2) is 1.32. The van der Waals surface area contributed by atoms with Crippen molar-refractivity contribution >= 4 is 0 Å². The summed E-state index contributed by atoms with van der Waals surface area (Å²) in [6.07, 6.45) is 3.40. The molecule has 0 aromatic carbocycles. The maximum atomic E-state index is 8.82. The number of ether oxygens (including phenoxy) is 1. The van der Waals surface area contributed by atoms with E-state index in [1.54, 1.807) is 12.2 Å². The number of epoxide rings is 1. The van der Waals surface area contributed by atoms with Crippen molar-refractivity contribution < 1.29 is 9.84 Å². The summed E-state index contributed by atoms with van der Waals surface area (Å²) in [6, 6.07) is 0. The van der Waals surface area contributed by atoms with Crippen molar-refractivity contribution in [1.29, 1.82) is 0 Å². The molecule has 1 aliphatic heterocycles. The minimum absolute atomic E-state index is 0.456. The van der Waals surface area contributed by atoms with Crippen LogP contribution >= 0.6 is 0 Å². The SMILES string of the molecule is CC=CC1(O)CO1. The number of allylic oxidation sites excluding steroid dienone is 1. The van der Waals surface area contributed by atoms with Crippen molar-refractivity contribution in [2.45, 2.75) is 12.7 Å². The van der Waals surface area contributed by atoms with Gasteiger partial charge in [-0.05, 0) is 13.0 Å². The molecule has 1 heterocycles. The number of hydrogen-bond donors (Lipinski definition) is 1. The van der Waals surface area contributed by atoms with Crippen LogP contribution < -0.4 is 0 Å². The molecule has 2 nitrogen and oxygen atoms in total. The van der Waals surface area contributed by atoms with Crippen molar-refractivity contribution in [1.82, 2.24) is 0 Å². The zero-order valence-corrected chi connectivity index (χ0v) is 4.22. The fourth-order valence-corrected chi connectivity index (χ4v) is 0.431. The Kier molecular flexibility index (Phi) is 0.905. The summed E-state index contributed by atoms with van der Waals surface area (Å²) < 4.78 is 4.61. The lowest BCUT2D eigenvalue weighted by atomic mass is 10.4. The van der Waals surface area contributed by atoms with Gasteiger partial charge in [0.15, 0.2) is 0 Å². The monoisotopic (exact) mass is 100 g/mol. The Hall–Kier alpha value is -0.340. The summed E-state index contributed by atoms with van der Waals surface area (Å²) in [5, 5.41) is 8.82. The van der Waals surface area contributed by atoms with Crippen molar-refractivity contribution in [3.63, 3.8) is 0 Å². The molecular formula is C5H8O2. The molecule has 0 aliphatic carbocycles. The Morgan fingerprint density at radius 1 is 1.86 bits per heavy atom. The highest BCUT2D eigenvalue weighted by Gasteiger charge is 2.38. The van der Waals surface area contributed by atoms with Crippen LogP contribution in [-0.2, 0) is 4.74 Å². The van der Waals surface area contributed by atoms with Crippen LogP contribution in [0.5, 0.6) is 0 Å². The lowest BCUT2D eigenvalue weighted by Crippen LogP contribution is -2.01. The average Bonchev–Trinajstić information content (AvgIpc) is 2.22. The first-order valence-electron chi connectivity index (χ1n) is 2.27. The van der Waals surface area contributed by atoms with Crippen LogP contribution in [-0.4, -0.2) is 17.5 Å². The van der Waals surface area contributed by atoms with Gasteiger partial charge in [-0.15, -0.1) is 0 Å². The summed E-state index contributed by atoms with van der Waals surface area (Å²) in [5.74, 6) is -0.880. The first-order chi connectivity index (χ1) is 3.27. The van der Waals surface area contributed by atoms with Gasteiger partial charge in [-0.1, -0.05) is 6.08 Å². The quantitative estimate of drug-likeness (QED) is 0.379. The summed E-state index contributed by atoms with van der Waals surface area (Å²) in [6.45, 7) is 2.30. The second-order valence-electron chi connectivity index (χ2n) is 1.63. The predicted octanol–water partition coefficient (Wildman–Crippen LogP) is 0.281. The molecule has 0 bridgehead atoms. The smallest absolute Gasteiger partial charge is 0.209 e. The van der Waals surface area contributed by atoms with E-state index in [9.17, 15) is 0 Å². The first-order valence-corrected chi connectivity index (χ1v) is 2.27. The fraction of sp³-hybridized carbons (Fsp3) is 0.600. The van der Waals surface area contributed by atoms with E-state index in [0.29, 0.717) is 6.61 Å². The van der Waals surface area contributed by atoms with E-state index in [4.69, 9.17) is 5.11 Å². The standard InChI is InChI=1S/C5H8O2/c1-2-3-5(6)4-7-5/h2-3,6H,4H2,1H3. The Bertz CT molecular complexity index is 92.3. The number of aliphatic hydroxyl groups is 1. The first kappa shape index (κ1) is 4.81. The van der Waals surface area contributed by atoms with Gasteiger partial charge in [0.1, 0.15) is 6.61 Å². The van der Waals surface area contributed by atoms with Gasteiger partial charge in [-0.2, -0.15) is 0 Å². The van der Waals surface area contributed by atoms with Gasteiger partial charge in [-0.3, -0.25) is 0 Å². The zero-order chi connectivity index (χ0) is 5.33. The highest BCUT2D eigenvalue weighted by molar-refractivity contribution is 5.00. The molecule has 1 atom stereocenters. The van der Waals surface area contributed by atoms with E-state index >= 15 is 0 Å². The van der Waals surface area contributed by atoms with Crippen molar-refractivity contribution in [3.8, 4) is 0 Å². The van der Waals surface area contributed by atoms with Crippen LogP contribution in [0.3, 0.4) is 0 Å². The van der Waals surface area contributed by atoms with Gasteiger partial charge in [-0.25, -0.2) is 0 Å². The molecule has 1 rings (SSSR count). The molecule has 1 saturated heterocycles. The Morgan fingerprint density at radius 2 is 2.43 bits per heavy atom. The molecule has 0 saturated carbocycles. The molecule has 1 N–H and O–H groups in total. The minimum Gasteiger partial charge on any atom is -0.360 e. The molecule has 0 amide bonds. The van der Waals surface area contributed by atoms with E-state index in [1.165, 1.54) is 0 Å². The molecule has 0 radical (unpaired) electrons. The van der Waals surface area contributed by atoms with Crippen LogP contribution in [0, 0.1) is 0 Å². The largest absolute Gasteiger partial charge is 0.360 e. The third kappa shape index (κ3) is 1.01. The van der Waals surface area contributed by atoms with Crippen LogP contribution in [0.25, 0.3) is 0 Å². The van der Waals surface area contributed by atoms with Crippen molar-refractivity contribution in [2.24, 2.45) is 0 Å². The molecule has 1 fully saturated rings. The molecule has 7 heavy (non-hydrogen) atoms. The van der Waals surface area contributed by atoms with Crippen LogP contribution in [0.15, 0.2) is 12.2 Å². The predicted molar refractivity (Wildman–Crippen MR) is 25.7 cm³/mol. The summed E-state index contributed by atoms with van der Waals surface area (Å²) >= 11 is 0. The fourth-order valence-electron chi connectivity index (χ4n) is 0.431. The summed E-state index contributed by atoms with van der Waals surface area (Å²) in [7, 11) is 0. The van der Waals surface area contributed by atoms with Crippen LogP contribution in [0.1, 0.15) is 6.92 Å². The van der Waals surface area contributed by atoms with Gasteiger partial charge in [0, 0.05) is 0 Å². The van der Waals surface area contributed by atoms with Gasteiger partial charge in [0.05, 0.1) is 0 Å². The Balaban J connectivity index is 2.40. The lowest BCUT2D eigenvalue weighted by molar-refractivity contribution is 0.0824. The van der Waals surface area contributed by atoms with E-state index in [1.807, 2.05) is 6.92 Å². The second-order valence-corrected chi connectivity index (χ2v) is 1.63. The average molecular weight is 100 g/mol. The maximum Gasteiger partial charge on any atom is 0.209 e. The number of hydrogen-bond acceptors (Lipinski definition) is 2. The van der Waals surface area contributed by atoms with E-state index in [2.05, 4.69) is 4.74 Å². The van der Waals surface area contributed by atoms with E-state index in [0.717, 1.165) is 0 Å². The van der Waals surface area contributed by atoms with Gasteiger partial charge in [0.25, 0.3) is 0 Å². The zero-order valence-electron chi connectivity index (χ0n) is 4.22. The van der Waals surface area contributed by atoms with E-state index < -0.39 is 5.79 Å². The molecule has 0 aromatic heterocycles. The number of rotatable bonds is 1. The normalized spacial score (nSPS) is 39.7. The van der Waals surface area contributed by atoms with Crippen LogP contribution in [0.4, 0.5) is 0 Å². The summed E-state index contributed by atoms with van der Waals surface area (Å²) in [5.41, 5.74) is 0. The Morgan fingerprint density at radius 3 is 2.57 bits per heavy atom. The summed E-state index contributed by atoms with van der Waals surface area (Å²) in [4.78, 5) is 0. The molecule has 2 heteroatoms. The molecule has 0 aromatic rings. The minimum atomic E-state index is -0.880. The highest BCUT2D eigenvalue weighted by atomic mass is 16.7. The molecule has 1 unspecified atom stereocenters. The topological polar surface area (TPSA) is 32.8 Å². The van der Waals surface area contributed by atoms with Crippen LogP contribution in [0.2, 0.25) is 0 Å². The lowest BCUT2D eigenvalue weighted by Gasteiger charge is -1.88.